The molecule has 0 aliphatic heterocycles. The number of rotatable bonds is 10. The average Bonchev–Trinajstić information content (AvgIpc) is 2.26. The molecule has 2 amide bonds. The molecule has 0 spiro atoms. The molecule has 0 heterocycles. The van der Waals surface area contributed by atoms with Gasteiger partial charge >= 0.3 is 0 Å². The number of hydrogen-bond acceptors (Lipinski definition) is 4. The minimum atomic E-state index is -0.0360. The summed E-state index contributed by atoms with van der Waals surface area (Å²) in [6.45, 7) is 2.29. The van der Waals surface area contributed by atoms with Gasteiger partial charge in [0.15, 0.2) is 0 Å². The fraction of sp³-hybridized carbons (Fsp3) is 0.778. The Morgan fingerprint density at radius 1 is 1.20 bits per heavy atom. The van der Waals surface area contributed by atoms with Crippen LogP contribution in [0.3, 0.4) is 0 Å². The highest BCUT2D eigenvalue weighted by Crippen LogP contribution is 1.83. The van der Waals surface area contributed by atoms with E-state index in [9.17, 15) is 9.59 Å². The van der Waals surface area contributed by atoms with Gasteiger partial charge in [-0.05, 0) is 0 Å². The highest BCUT2D eigenvalue weighted by Gasteiger charge is 1.96. The molecular weight excluding hydrogens is 200 g/mol. The van der Waals surface area contributed by atoms with Crippen molar-refractivity contribution >= 4 is 12.3 Å². The van der Waals surface area contributed by atoms with Gasteiger partial charge in [-0.1, -0.05) is 0 Å². The van der Waals surface area contributed by atoms with Gasteiger partial charge in [-0.3, -0.25) is 9.59 Å². The quantitative estimate of drug-likeness (QED) is 0.360. The van der Waals surface area contributed by atoms with Gasteiger partial charge in [-0.25, -0.2) is 0 Å². The predicted octanol–water partition coefficient (Wildman–Crippen LogP) is -1.10. The van der Waals surface area contributed by atoms with Crippen LogP contribution in [-0.4, -0.2) is 52.3 Å². The summed E-state index contributed by atoms with van der Waals surface area (Å²) in [6, 6.07) is 0. The van der Waals surface area contributed by atoms with Crippen molar-refractivity contribution in [1.29, 1.82) is 0 Å². The summed E-state index contributed by atoms with van der Waals surface area (Å²) in [4.78, 5) is 20.6. The Kier molecular flexibility index (Phi) is 10.1. The Bertz CT molecular complexity index is 175. The molecule has 0 aromatic heterocycles. The highest BCUT2D eigenvalue weighted by molar-refractivity contribution is 5.75. The first kappa shape index (κ1) is 13.9. The first-order valence-corrected chi connectivity index (χ1v) is 4.84. The summed E-state index contributed by atoms with van der Waals surface area (Å²) in [6.07, 6.45) is 0.992. The van der Waals surface area contributed by atoms with E-state index in [1.807, 2.05) is 0 Å². The molecule has 0 saturated carbocycles. The van der Waals surface area contributed by atoms with Crippen molar-refractivity contribution in [3.63, 3.8) is 0 Å². The second-order valence-corrected chi connectivity index (χ2v) is 2.72. The zero-order valence-electron chi connectivity index (χ0n) is 8.95. The Hall–Kier alpha value is -1.14. The lowest BCUT2D eigenvalue weighted by atomic mass is 10.4. The van der Waals surface area contributed by atoms with E-state index in [0.29, 0.717) is 45.8 Å². The van der Waals surface area contributed by atoms with Gasteiger partial charge in [0.05, 0.1) is 26.4 Å². The molecule has 88 valence electrons. The third kappa shape index (κ3) is 10.8. The lowest BCUT2D eigenvalue weighted by molar-refractivity contribution is -0.121. The molecule has 0 radical (unpaired) electrons. The highest BCUT2D eigenvalue weighted by atomic mass is 16.5. The molecule has 0 unspecified atom stereocenters. The lowest BCUT2D eigenvalue weighted by Gasteiger charge is -2.05. The van der Waals surface area contributed by atoms with Gasteiger partial charge in [0.2, 0.25) is 12.3 Å². The van der Waals surface area contributed by atoms with Crippen LogP contribution in [0.5, 0.6) is 0 Å². The minimum absolute atomic E-state index is 0.0360. The van der Waals surface area contributed by atoms with Crippen molar-refractivity contribution in [3.05, 3.63) is 0 Å². The summed E-state index contributed by atoms with van der Waals surface area (Å²) in [5.41, 5.74) is 0. The van der Waals surface area contributed by atoms with E-state index in [-0.39, 0.29) is 5.91 Å². The topological polar surface area (TPSA) is 76.7 Å². The maximum atomic E-state index is 10.8. The van der Waals surface area contributed by atoms with E-state index < -0.39 is 0 Å². The largest absolute Gasteiger partial charge is 0.379 e. The number of ether oxygens (including phenoxy) is 2. The fourth-order valence-electron chi connectivity index (χ4n) is 0.802. The van der Waals surface area contributed by atoms with Crippen LogP contribution >= 0.6 is 0 Å². The Morgan fingerprint density at radius 2 is 1.87 bits per heavy atom. The summed E-state index contributed by atoms with van der Waals surface area (Å²) in [7, 11) is 1.59. The first-order valence-electron chi connectivity index (χ1n) is 4.84. The SMILES string of the molecule is CNC(=O)CCOCCOCCNC=O. The van der Waals surface area contributed by atoms with Crippen LogP contribution in [0.4, 0.5) is 0 Å². The van der Waals surface area contributed by atoms with Crippen LogP contribution in [0, 0.1) is 0 Å². The summed E-state index contributed by atoms with van der Waals surface area (Å²) >= 11 is 0. The van der Waals surface area contributed by atoms with E-state index in [1.165, 1.54) is 0 Å². The fourth-order valence-corrected chi connectivity index (χ4v) is 0.802. The van der Waals surface area contributed by atoms with Crippen LogP contribution in [-0.2, 0) is 19.1 Å². The van der Waals surface area contributed by atoms with Crippen LogP contribution < -0.4 is 10.6 Å². The van der Waals surface area contributed by atoms with Crippen LogP contribution in [0.15, 0.2) is 0 Å². The second kappa shape index (κ2) is 10.9. The molecule has 0 atom stereocenters. The smallest absolute Gasteiger partial charge is 0.222 e. The number of hydrogen-bond donors (Lipinski definition) is 2. The van der Waals surface area contributed by atoms with Gasteiger partial charge in [0.1, 0.15) is 0 Å². The van der Waals surface area contributed by atoms with Crippen molar-refractivity contribution in [2.75, 3.05) is 40.0 Å². The molecule has 0 bridgehead atoms. The van der Waals surface area contributed by atoms with Gasteiger partial charge in [-0.15, -0.1) is 0 Å². The molecular formula is C9H18N2O4. The van der Waals surface area contributed by atoms with E-state index >= 15 is 0 Å². The molecule has 0 saturated heterocycles. The van der Waals surface area contributed by atoms with Gasteiger partial charge in [0.25, 0.3) is 0 Å². The molecule has 0 fully saturated rings. The van der Waals surface area contributed by atoms with Crippen molar-refractivity contribution in [2.24, 2.45) is 0 Å². The monoisotopic (exact) mass is 218 g/mol. The Balaban J connectivity index is 2.98. The Labute approximate surface area is 89.3 Å². The van der Waals surface area contributed by atoms with Gasteiger partial charge in [0, 0.05) is 20.0 Å². The standard InChI is InChI=1S/C9H18N2O4/c1-10-9(13)2-4-14-6-7-15-5-3-11-8-12/h8H,2-7H2,1H3,(H,10,13)(H,11,12). The molecule has 15 heavy (non-hydrogen) atoms. The predicted molar refractivity (Wildman–Crippen MR) is 54.4 cm³/mol. The number of carbonyl (C=O) groups is 2. The van der Waals surface area contributed by atoms with Crippen LogP contribution in [0.25, 0.3) is 0 Å². The number of amides is 2. The van der Waals surface area contributed by atoms with E-state index in [4.69, 9.17) is 9.47 Å². The molecule has 2 N–H and O–H groups in total. The van der Waals surface area contributed by atoms with E-state index in [1.54, 1.807) is 7.05 Å². The zero-order valence-corrected chi connectivity index (χ0v) is 8.95. The molecule has 6 heteroatoms. The maximum Gasteiger partial charge on any atom is 0.222 e. The van der Waals surface area contributed by atoms with Gasteiger partial charge in [-0.2, -0.15) is 0 Å². The molecule has 0 aliphatic rings. The third-order valence-corrected chi connectivity index (χ3v) is 1.60. The number of carbonyl (C=O) groups excluding carboxylic acids is 2. The van der Waals surface area contributed by atoms with Crippen molar-refractivity contribution in [1.82, 2.24) is 10.6 Å². The van der Waals surface area contributed by atoms with Crippen LogP contribution in [0.2, 0.25) is 0 Å². The third-order valence-electron chi connectivity index (χ3n) is 1.60. The van der Waals surface area contributed by atoms with E-state index in [2.05, 4.69) is 10.6 Å². The zero-order chi connectivity index (χ0) is 11.4. The van der Waals surface area contributed by atoms with Crippen molar-refractivity contribution in [3.8, 4) is 0 Å². The summed E-state index contributed by atoms with van der Waals surface area (Å²) in [5, 5.41) is 4.97. The first-order chi connectivity index (χ1) is 7.31. The number of nitrogens with one attached hydrogen (secondary N) is 2. The van der Waals surface area contributed by atoms with E-state index in [0.717, 1.165) is 0 Å². The summed E-state index contributed by atoms with van der Waals surface area (Å²) in [5.74, 6) is -0.0360. The van der Waals surface area contributed by atoms with Crippen LogP contribution in [0.1, 0.15) is 6.42 Å². The normalized spacial score (nSPS) is 9.67. The molecule has 0 aliphatic carbocycles. The summed E-state index contributed by atoms with van der Waals surface area (Å²) < 4.78 is 10.3. The molecule has 0 aromatic rings. The van der Waals surface area contributed by atoms with Crippen molar-refractivity contribution in [2.45, 2.75) is 6.42 Å². The maximum absolute atomic E-state index is 10.8. The molecule has 0 aromatic carbocycles. The average molecular weight is 218 g/mol. The minimum Gasteiger partial charge on any atom is -0.379 e. The van der Waals surface area contributed by atoms with Crippen molar-refractivity contribution < 1.29 is 19.1 Å². The molecule has 6 nitrogen and oxygen atoms in total. The molecule has 0 rings (SSSR count). The van der Waals surface area contributed by atoms with Gasteiger partial charge < -0.3 is 20.1 Å². The second-order valence-electron chi connectivity index (χ2n) is 2.72. The Morgan fingerprint density at radius 3 is 2.47 bits per heavy atom. The lowest BCUT2D eigenvalue weighted by Crippen LogP contribution is -2.21.